The van der Waals surface area contributed by atoms with Crippen molar-refractivity contribution in [2.75, 3.05) is 31.2 Å². The molecule has 1 aliphatic rings. The maximum atomic E-state index is 11.6. The lowest BCUT2D eigenvalue weighted by atomic mass is 10.1. The molecule has 1 fully saturated rings. The van der Waals surface area contributed by atoms with Crippen LogP contribution >= 0.6 is 0 Å². The topological polar surface area (TPSA) is 110 Å². The van der Waals surface area contributed by atoms with Gasteiger partial charge in [0.2, 0.25) is 0 Å². The third-order valence-electron chi connectivity index (χ3n) is 4.24. The van der Waals surface area contributed by atoms with Gasteiger partial charge < -0.3 is 14.7 Å². The Morgan fingerprint density at radius 1 is 1.23 bits per heavy atom. The highest BCUT2D eigenvalue weighted by Crippen LogP contribution is 2.28. The van der Waals surface area contributed by atoms with Gasteiger partial charge in [0.25, 0.3) is 0 Å². The molecule has 4 heterocycles. The number of hydrogen-bond acceptors (Lipinski definition) is 7. The molecule has 4 rings (SSSR count). The predicted octanol–water partition coefficient (Wildman–Crippen LogP) is 1.14. The van der Waals surface area contributed by atoms with E-state index < -0.39 is 5.97 Å². The quantitative estimate of drug-likeness (QED) is 0.695. The molecule has 0 atom stereocenters. The molecule has 3 aromatic heterocycles. The highest BCUT2D eigenvalue weighted by Gasteiger charge is 2.21. The van der Waals surface area contributed by atoms with E-state index in [9.17, 15) is 9.59 Å². The Kier molecular flexibility index (Phi) is 4.05. The first-order valence-corrected chi connectivity index (χ1v) is 8.04. The van der Waals surface area contributed by atoms with Gasteiger partial charge in [-0.15, -0.1) is 0 Å². The van der Waals surface area contributed by atoms with Crippen molar-refractivity contribution in [3.63, 3.8) is 0 Å². The number of carbonyl (C=O) groups excluding carboxylic acids is 1. The summed E-state index contributed by atoms with van der Waals surface area (Å²) in [6.45, 7) is 2.71. The van der Waals surface area contributed by atoms with Crippen molar-refractivity contribution in [3.8, 4) is 11.3 Å². The van der Waals surface area contributed by atoms with Crippen LogP contribution in [0.5, 0.6) is 0 Å². The standard InChI is InChI=1S/C17H15N5O4/c23-10-13-15(11-1-2-12(17(24)25)18-9-11)22-16(20-13)14(3-4-19-22)21-5-7-26-8-6-21/h1-4,9-10H,5-8H2,(H,24,25). The number of aldehydes is 1. The molecular weight excluding hydrogens is 338 g/mol. The fraction of sp³-hybridized carbons (Fsp3) is 0.235. The van der Waals surface area contributed by atoms with Gasteiger partial charge in [-0.1, -0.05) is 0 Å². The van der Waals surface area contributed by atoms with Crippen LogP contribution in [0.3, 0.4) is 0 Å². The second kappa shape index (κ2) is 6.52. The minimum atomic E-state index is -1.11. The van der Waals surface area contributed by atoms with E-state index in [1.54, 1.807) is 16.8 Å². The van der Waals surface area contributed by atoms with Gasteiger partial charge in [-0.2, -0.15) is 5.10 Å². The number of hydrogen-bond donors (Lipinski definition) is 1. The number of carbonyl (C=O) groups is 2. The minimum absolute atomic E-state index is 0.0720. The van der Waals surface area contributed by atoms with E-state index in [1.807, 2.05) is 6.07 Å². The van der Waals surface area contributed by atoms with Crippen LogP contribution in [0.4, 0.5) is 5.69 Å². The van der Waals surface area contributed by atoms with Crippen LogP contribution in [0.15, 0.2) is 30.6 Å². The Bertz CT molecular complexity index is 977. The van der Waals surface area contributed by atoms with Crippen molar-refractivity contribution in [1.29, 1.82) is 0 Å². The molecule has 1 N–H and O–H groups in total. The summed E-state index contributed by atoms with van der Waals surface area (Å²) in [6, 6.07) is 4.84. The number of aromatic carboxylic acids is 1. The lowest BCUT2D eigenvalue weighted by molar-refractivity contribution is 0.0690. The molecular formula is C17H15N5O4. The van der Waals surface area contributed by atoms with Gasteiger partial charge in [0.15, 0.2) is 11.9 Å². The number of carboxylic acids is 1. The van der Waals surface area contributed by atoms with Gasteiger partial charge in [0.1, 0.15) is 17.1 Å². The van der Waals surface area contributed by atoms with Crippen molar-refractivity contribution < 1.29 is 19.4 Å². The maximum Gasteiger partial charge on any atom is 0.354 e. The van der Waals surface area contributed by atoms with Gasteiger partial charge in [0.05, 0.1) is 25.1 Å². The molecule has 3 aromatic rings. The summed E-state index contributed by atoms with van der Waals surface area (Å²) < 4.78 is 6.98. The molecule has 9 nitrogen and oxygen atoms in total. The molecule has 0 aliphatic carbocycles. The largest absolute Gasteiger partial charge is 0.477 e. The molecule has 0 aromatic carbocycles. The zero-order valence-electron chi connectivity index (χ0n) is 13.7. The van der Waals surface area contributed by atoms with E-state index in [2.05, 4.69) is 20.0 Å². The number of ether oxygens (including phenoxy) is 1. The van der Waals surface area contributed by atoms with Gasteiger partial charge in [0, 0.05) is 24.8 Å². The lowest BCUT2D eigenvalue weighted by Gasteiger charge is -2.28. The Morgan fingerprint density at radius 3 is 2.69 bits per heavy atom. The van der Waals surface area contributed by atoms with E-state index in [1.165, 1.54) is 12.3 Å². The number of pyridine rings is 1. The van der Waals surface area contributed by atoms with Crippen molar-refractivity contribution in [2.24, 2.45) is 0 Å². The van der Waals surface area contributed by atoms with Crippen LogP contribution in [0.2, 0.25) is 0 Å². The second-order valence-corrected chi connectivity index (χ2v) is 5.75. The van der Waals surface area contributed by atoms with Crippen LogP contribution in [0.1, 0.15) is 21.0 Å². The summed E-state index contributed by atoms with van der Waals surface area (Å²) in [5.74, 6) is -1.11. The van der Waals surface area contributed by atoms with E-state index >= 15 is 0 Å². The first-order chi connectivity index (χ1) is 12.7. The fourth-order valence-corrected chi connectivity index (χ4v) is 3.02. The molecule has 0 bridgehead atoms. The zero-order valence-corrected chi connectivity index (χ0v) is 13.7. The highest BCUT2D eigenvalue weighted by molar-refractivity contribution is 5.89. The van der Waals surface area contributed by atoms with Gasteiger partial charge >= 0.3 is 5.97 Å². The van der Waals surface area contributed by atoms with E-state index in [0.29, 0.717) is 36.4 Å². The summed E-state index contributed by atoms with van der Waals surface area (Å²) in [5, 5.41) is 13.3. The number of anilines is 1. The van der Waals surface area contributed by atoms with Gasteiger partial charge in [-0.05, 0) is 18.2 Å². The van der Waals surface area contributed by atoms with Crippen LogP contribution in [0, 0.1) is 0 Å². The summed E-state index contributed by atoms with van der Waals surface area (Å²) >= 11 is 0. The molecule has 0 saturated carbocycles. The van der Waals surface area contributed by atoms with E-state index in [0.717, 1.165) is 18.8 Å². The molecule has 0 unspecified atom stereocenters. The molecule has 0 spiro atoms. The molecule has 1 saturated heterocycles. The number of fused-ring (bicyclic) bond motifs is 1. The average molecular weight is 353 g/mol. The molecule has 26 heavy (non-hydrogen) atoms. The summed E-state index contributed by atoms with van der Waals surface area (Å²) in [5.41, 5.74) is 2.63. The SMILES string of the molecule is O=Cc1nc2c(N3CCOCC3)ccnn2c1-c1ccc(C(=O)O)nc1. The number of nitrogens with zero attached hydrogens (tertiary/aromatic N) is 5. The highest BCUT2D eigenvalue weighted by atomic mass is 16.5. The first kappa shape index (κ1) is 16.2. The Morgan fingerprint density at radius 2 is 2.04 bits per heavy atom. The van der Waals surface area contributed by atoms with Gasteiger partial charge in [-0.25, -0.2) is 19.3 Å². The van der Waals surface area contributed by atoms with Crippen LogP contribution in [-0.4, -0.2) is 63.2 Å². The van der Waals surface area contributed by atoms with E-state index in [-0.39, 0.29) is 11.4 Å². The molecule has 9 heteroatoms. The van der Waals surface area contributed by atoms with Crippen LogP contribution in [0.25, 0.3) is 16.9 Å². The number of rotatable bonds is 4. The van der Waals surface area contributed by atoms with Crippen LogP contribution in [-0.2, 0) is 4.74 Å². The molecule has 132 valence electrons. The second-order valence-electron chi connectivity index (χ2n) is 5.75. The van der Waals surface area contributed by atoms with Crippen molar-refractivity contribution >= 4 is 23.6 Å². The number of imidazole rings is 1. The van der Waals surface area contributed by atoms with Crippen molar-refractivity contribution in [2.45, 2.75) is 0 Å². The average Bonchev–Trinajstić information content (AvgIpc) is 3.07. The summed E-state index contributed by atoms with van der Waals surface area (Å²) in [6.07, 6.45) is 3.72. The normalized spacial score (nSPS) is 14.5. The van der Waals surface area contributed by atoms with Crippen LogP contribution < -0.4 is 4.90 Å². The first-order valence-electron chi connectivity index (χ1n) is 8.04. The number of carboxylic acid groups (broad SMARTS) is 1. The Labute approximate surface area is 147 Å². The Hall–Kier alpha value is -3.33. The predicted molar refractivity (Wildman–Crippen MR) is 91.6 cm³/mol. The molecule has 0 radical (unpaired) electrons. The Balaban J connectivity index is 1.86. The summed E-state index contributed by atoms with van der Waals surface area (Å²) in [4.78, 5) is 33.1. The number of aromatic nitrogens is 4. The van der Waals surface area contributed by atoms with Gasteiger partial charge in [-0.3, -0.25) is 4.79 Å². The summed E-state index contributed by atoms with van der Waals surface area (Å²) in [7, 11) is 0. The fourth-order valence-electron chi connectivity index (χ4n) is 3.02. The zero-order chi connectivity index (χ0) is 18.1. The minimum Gasteiger partial charge on any atom is -0.477 e. The number of morpholine rings is 1. The lowest BCUT2D eigenvalue weighted by Crippen LogP contribution is -2.36. The monoisotopic (exact) mass is 353 g/mol. The third-order valence-corrected chi connectivity index (χ3v) is 4.24. The molecule has 0 amide bonds. The van der Waals surface area contributed by atoms with Crippen molar-refractivity contribution in [3.05, 3.63) is 42.0 Å². The maximum absolute atomic E-state index is 11.6. The van der Waals surface area contributed by atoms with Crippen molar-refractivity contribution in [1.82, 2.24) is 19.6 Å². The third kappa shape index (κ3) is 2.68. The van der Waals surface area contributed by atoms with E-state index in [4.69, 9.17) is 9.84 Å². The smallest absolute Gasteiger partial charge is 0.354 e. The molecule has 1 aliphatic heterocycles.